The molecule has 2 heterocycles. The van der Waals surface area contributed by atoms with Crippen molar-refractivity contribution in [3.8, 4) is 0 Å². The van der Waals surface area contributed by atoms with Crippen LogP contribution in [0.15, 0.2) is 30.3 Å². The first-order valence-corrected chi connectivity index (χ1v) is 14.7. The molecular formula is C30H48ClN3O3. The number of likely N-dealkylation sites (tertiary alicyclic amines) is 1. The van der Waals surface area contributed by atoms with Crippen molar-refractivity contribution in [1.82, 2.24) is 9.80 Å². The molecule has 1 amide bonds. The summed E-state index contributed by atoms with van der Waals surface area (Å²) in [6.45, 7) is 5.63. The molecular weight excluding hydrogens is 486 g/mol. The molecule has 4 rings (SSSR count). The number of esters is 1. The minimum atomic E-state index is -0.436. The topological polar surface area (TPSA) is 53.1 Å². The molecule has 37 heavy (non-hydrogen) atoms. The largest absolute Gasteiger partial charge is 0.466 e. The lowest BCUT2D eigenvalue weighted by Crippen LogP contribution is -2.58. The fourth-order valence-corrected chi connectivity index (χ4v) is 6.59. The number of benzene rings is 1. The van der Waals surface area contributed by atoms with Crippen molar-refractivity contribution < 1.29 is 14.3 Å². The van der Waals surface area contributed by atoms with Gasteiger partial charge in [0, 0.05) is 37.8 Å². The molecule has 1 saturated carbocycles. The van der Waals surface area contributed by atoms with Gasteiger partial charge in [-0.1, -0.05) is 63.1 Å². The van der Waals surface area contributed by atoms with Crippen molar-refractivity contribution in [3.05, 3.63) is 30.3 Å². The van der Waals surface area contributed by atoms with Gasteiger partial charge in [0.2, 0.25) is 5.91 Å². The molecule has 0 N–H and O–H groups in total. The van der Waals surface area contributed by atoms with Crippen molar-refractivity contribution in [2.24, 2.45) is 0 Å². The maximum absolute atomic E-state index is 13.9. The standard InChI is InChI=1S/C30H47N3O3.ClH/c1-2-36-28(34)19-13-14-22-32-25-33(27-17-11-8-12-18-27)30(29(32)35)20-23-31(24-21-30)26-15-9-6-4-3-5-7-10-16-26;/h8,11-12,17-18,26H,2-7,9-10,13-16,19-25H2,1H3;1H. The number of halogens is 1. The molecule has 3 fully saturated rings. The summed E-state index contributed by atoms with van der Waals surface area (Å²) < 4.78 is 5.06. The summed E-state index contributed by atoms with van der Waals surface area (Å²) in [6, 6.07) is 11.2. The highest BCUT2D eigenvalue weighted by Gasteiger charge is 2.53. The van der Waals surface area contributed by atoms with E-state index in [1.54, 1.807) is 0 Å². The average molecular weight is 534 g/mol. The number of anilines is 1. The van der Waals surface area contributed by atoms with E-state index >= 15 is 0 Å². The Bertz CT molecular complexity index is 819. The number of hydrogen-bond donors (Lipinski definition) is 0. The van der Waals surface area contributed by atoms with E-state index in [2.05, 4.69) is 34.1 Å². The van der Waals surface area contributed by atoms with Gasteiger partial charge in [-0.15, -0.1) is 12.4 Å². The van der Waals surface area contributed by atoms with Gasteiger partial charge in [0.1, 0.15) is 5.54 Å². The molecule has 6 nitrogen and oxygen atoms in total. The Morgan fingerprint density at radius 1 is 0.946 bits per heavy atom. The van der Waals surface area contributed by atoms with E-state index in [1.807, 2.05) is 17.9 Å². The van der Waals surface area contributed by atoms with Crippen LogP contribution >= 0.6 is 12.4 Å². The van der Waals surface area contributed by atoms with E-state index in [4.69, 9.17) is 4.74 Å². The molecule has 208 valence electrons. The summed E-state index contributed by atoms with van der Waals surface area (Å²) >= 11 is 0. The lowest BCUT2D eigenvalue weighted by molar-refractivity contribution is -0.143. The second-order valence-electron chi connectivity index (χ2n) is 11.0. The van der Waals surface area contributed by atoms with Crippen LogP contribution in [0.25, 0.3) is 0 Å². The summed E-state index contributed by atoms with van der Waals surface area (Å²) in [6.07, 6.45) is 16.1. The van der Waals surface area contributed by atoms with Crippen LogP contribution < -0.4 is 4.90 Å². The van der Waals surface area contributed by atoms with Gasteiger partial charge in [-0.2, -0.15) is 0 Å². The third-order valence-electron chi connectivity index (χ3n) is 8.66. The lowest BCUT2D eigenvalue weighted by atomic mass is 9.84. The quantitative estimate of drug-likeness (QED) is 0.295. The molecule has 0 bridgehead atoms. The van der Waals surface area contributed by atoms with Crippen molar-refractivity contribution in [2.75, 3.05) is 37.8 Å². The summed E-state index contributed by atoms with van der Waals surface area (Å²) in [5.74, 6) is 0.147. The van der Waals surface area contributed by atoms with E-state index < -0.39 is 5.54 Å². The Morgan fingerprint density at radius 2 is 1.57 bits per heavy atom. The Kier molecular flexibility index (Phi) is 12.0. The first-order chi connectivity index (χ1) is 17.6. The fourth-order valence-electron chi connectivity index (χ4n) is 6.59. The van der Waals surface area contributed by atoms with Crippen molar-refractivity contribution in [1.29, 1.82) is 0 Å². The summed E-state index contributed by atoms with van der Waals surface area (Å²) in [5.41, 5.74) is 0.710. The Labute approximate surface area is 230 Å². The van der Waals surface area contributed by atoms with Gasteiger partial charge in [0.05, 0.1) is 13.3 Å². The number of carbonyl (C=O) groups excluding carboxylic acids is 2. The number of piperidine rings is 1. The van der Waals surface area contributed by atoms with Crippen LogP contribution in [0.3, 0.4) is 0 Å². The van der Waals surface area contributed by atoms with Gasteiger partial charge in [-0.3, -0.25) is 9.59 Å². The van der Waals surface area contributed by atoms with E-state index in [1.165, 1.54) is 57.8 Å². The predicted octanol–water partition coefficient (Wildman–Crippen LogP) is 6.18. The molecule has 3 aliphatic rings. The maximum Gasteiger partial charge on any atom is 0.305 e. The first-order valence-electron chi connectivity index (χ1n) is 14.7. The Balaban J connectivity index is 0.00000380. The minimum Gasteiger partial charge on any atom is -0.466 e. The lowest BCUT2D eigenvalue weighted by Gasteiger charge is -2.45. The highest BCUT2D eigenvalue weighted by Crippen LogP contribution is 2.40. The maximum atomic E-state index is 13.9. The highest BCUT2D eigenvalue weighted by atomic mass is 35.5. The van der Waals surface area contributed by atoms with E-state index in [0.717, 1.165) is 44.5 Å². The molecule has 7 heteroatoms. The van der Waals surface area contributed by atoms with Crippen LogP contribution in [0.1, 0.15) is 96.8 Å². The second-order valence-corrected chi connectivity index (χ2v) is 11.0. The molecule has 1 aromatic carbocycles. The molecule has 2 saturated heterocycles. The number of rotatable bonds is 8. The molecule has 0 unspecified atom stereocenters. The van der Waals surface area contributed by atoms with Gasteiger partial charge in [0.25, 0.3) is 0 Å². The number of amides is 1. The number of nitrogens with zero attached hydrogens (tertiary/aromatic N) is 3. The molecule has 1 aliphatic carbocycles. The molecule has 0 atom stereocenters. The van der Waals surface area contributed by atoms with Crippen LogP contribution in [0.5, 0.6) is 0 Å². The molecule has 0 aromatic heterocycles. The number of ether oxygens (including phenoxy) is 1. The number of para-hydroxylation sites is 1. The first kappa shape index (κ1) is 29.8. The van der Waals surface area contributed by atoms with Gasteiger partial charge < -0.3 is 19.4 Å². The smallest absolute Gasteiger partial charge is 0.305 e. The monoisotopic (exact) mass is 533 g/mol. The SMILES string of the molecule is CCOC(=O)CCCCN1CN(c2ccccc2)C2(CCN(C3CCCCCCCCC3)CC2)C1=O.Cl. The molecule has 0 radical (unpaired) electrons. The minimum absolute atomic E-state index is 0. The van der Waals surface area contributed by atoms with Crippen LogP contribution in [-0.2, 0) is 14.3 Å². The van der Waals surface area contributed by atoms with Gasteiger partial charge in [-0.25, -0.2) is 0 Å². The average Bonchev–Trinajstić information content (AvgIpc) is 3.17. The highest BCUT2D eigenvalue weighted by molar-refractivity contribution is 5.93. The van der Waals surface area contributed by atoms with E-state index in [-0.39, 0.29) is 24.3 Å². The summed E-state index contributed by atoms with van der Waals surface area (Å²) in [5, 5.41) is 0. The summed E-state index contributed by atoms with van der Waals surface area (Å²) in [7, 11) is 0. The van der Waals surface area contributed by atoms with E-state index in [0.29, 0.717) is 32.3 Å². The van der Waals surface area contributed by atoms with Crippen molar-refractivity contribution in [3.63, 3.8) is 0 Å². The third-order valence-corrected chi connectivity index (χ3v) is 8.66. The van der Waals surface area contributed by atoms with Gasteiger partial charge in [0.15, 0.2) is 0 Å². The van der Waals surface area contributed by atoms with Crippen LogP contribution in [0.4, 0.5) is 5.69 Å². The van der Waals surface area contributed by atoms with Crippen molar-refractivity contribution >= 4 is 30.0 Å². The zero-order chi connectivity index (χ0) is 25.2. The van der Waals surface area contributed by atoms with E-state index in [9.17, 15) is 9.59 Å². The van der Waals surface area contributed by atoms with Gasteiger partial charge in [-0.05, 0) is 57.6 Å². The van der Waals surface area contributed by atoms with Crippen LogP contribution in [-0.4, -0.2) is 66.2 Å². The zero-order valence-electron chi connectivity index (χ0n) is 22.9. The molecule has 2 aliphatic heterocycles. The second kappa shape index (κ2) is 15.0. The normalized spacial score (nSPS) is 21.6. The summed E-state index contributed by atoms with van der Waals surface area (Å²) in [4.78, 5) is 32.8. The Hall–Kier alpha value is -1.79. The fraction of sp³-hybridized carbons (Fsp3) is 0.733. The molecule has 1 aromatic rings. The molecule has 1 spiro atoms. The van der Waals surface area contributed by atoms with Crippen LogP contribution in [0.2, 0.25) is 0 Å². The third kappa shape index (κ3) is 7.63. The van der Waals surface area contributed by atoms with Gasteiger partial charge >= 0.3 is 5.97 Å². The van der Waals surface area contributed by atoms with Crippen LogP contribution in [0, 0.1) is 0 Å². The number of carbonyl (C=O) groups is 2. The number of hydrogen-bond acceptors (Lipinski definition) is 5. The Morgan fingerprint density at radius 3 is 2.19 bits per heavy atom. The predicted molar refractivity (Wildman–Crippen MR) is 152 cm³/mol. The van der Waals surface area contributed by atoms with Crippen molar-refractivity contribution in [2.45, 2.75) is 108 Å². The zero-order valence-corrected chi connectivity index (χ0v) is 23.7. The number of unbranched alkanes of at least 4 members (excludes halogenated alkanes) is 1.